The van der Waals surface area contributed by atoms with E-state index in [1.54, 1.807) is 24.5 Å². The van der Waals surface area contributed by atoms with Crippen LogP contribution in [0, 0.1) is 17.0 Å². The van der Waals surface area contributed by atoms with Crippen LogP contribution < -0.4 is 5.32 Å². The fraction of sp³-hybridized carbons (Fsp3) is 0.0556. The van der Waals surface area contributed by atoms with Gasteiger partial charge in [-0.15, -0.1) is 0 Å². The molecule has 0 saturated heterocycles. The summed E-state index contributed by atoms with van der Waals surface area (Å²) in [5, 5.41) is 14.3. The molecule has 0 fully saturated rings. The molecule has 1 amide bonds. The zero-order valence-corrected chi connectivity index (χ0v) is 14.6. The van der Waals surface area contributed by atoms with Crippen molar-refractivity contribution in [1.82, 2.24) is 9.97 Å². The van der Waals surface area contributed by atoms with Crippen molar-refractivity contribution in [2.24, 2.45) is 0 Å². The van der Waals surface area contributed by atoms with Crippen LogP contribution in [0.15, 0.2) is 71.0 Å². The number of benzene rings is 2. The van der Waals surface area contributed by atoms with Crippen molar-refractivity contribution in [1.29, 1.82) is 0 Å². The van der Waals surface area contributed by atoms with Crippen LogP contribution in [-0.2, 0) is 0 Å². The smallest absolute Gasteiger partial charge is 0.270 e. The highest BCUT2D eigenvalue weighted by Crippen LogP contribution is 2.28. The summed E-state index contributed by atoms with van der Waals surface area (Å²) in [6.07, 6.45) is 3.35. The van der Waals surface area contributed by atoms with E-state index in [1.165, 1.54) is 36.0 Å². The maximum atomic E-state index is 12.4. The monoisotopic (exact) mass is 366 g/mol. The Morgan fingerprint density at radius 2 is 1.88 bits per heavy atom. The van der Waals surface area contributed by atoms with Crippen LogP contribution in [-0.4, -0.2) is 20.8 Å². The molecular weight excluding hydrogens is 352 g/mol. The molecule has 0 spiro atoms. The molecule has 0 unspecified atom stereocenters. The topological polar surface area (TPSA) is 98.0 Å². The SMILES string of the molecule is Cc1cc(Sc2ncccn2)ccc1NC(=O)c1cccc([N+](=O)[O-])c1. The van der Waals surface area contributed by atoms with Crippen molar-refractivity contribution in [2.75, 3.05) is 5.32 Å². The lowest BCUT2D eigenvalue weighted by atomic mass is 10.1. The van der Waals surface area contributed by atoms with E-state index in [1.807, 2.05) is 19.1 Å². The largest absolute Gasteiger partial charge is 0.322 e. The van der Waals surface area contributed by atoms with Crippen LogP contribution in [0.2, 0.25) is 0 Å². The number of carbonyl (C=O) groups is 1. The van der Waals surface area contributed by atoms with Gasteiger partial charge in [0.05, 0.1) is 4.92 Å². The molecule has 130 valence electrons. The molecule has 8 heteroatoms. The van der Waals surface area contributed by atoms with Gasteiger partial charge in [0.15, 0.2) is 5.16 Å². The highest BCUT2D eigenvalue weighted by Gasteiger charge is 2.13. The van der Waals surface area contributed by atoms with Gasteiger partial charge in [0, 0.05) is 40.7 Å². The third kappa shape index (κ3) is 4.22. The minimum Gasteiger partial charge on any atom is -0.322 e. The highest BCUT2D eigenvalue weighted by molar-refractivity contribution is 7.99. The maximum Gasteiger partial charge on any atom is 0.270 e. The van der Waals surface area contributed by atoms with E-state index in [-0.39, 0.29) is 11.3 Å². The first-order valence-corrected chi connectivity index (χ1v) is 8.46. The number of nitrogens with zero attached hydrogens (tertiary/aromatic N) is 3. The van der Waals surface area contributed by atoms with Gasteiger partial charge in [-0.3, -0.25) is 14.9 Å². The van der Waals surface area contributed by atoms with Crippen molar-refractivity contribution < 1.29 is 9.72 Å². The Kier molecular flexibility index (Phi) is 5.23. The van der Waals surface area contributed by atoms with Crippen molar-refractivity contribution in [3.63, 3.8) is 0 Å². The van der Waals surface area contributed by atoms with Gasteiger partial charge >= 0.3 is 0 Å². The third-order valence-corrected chi connectivity index (χ3v) is 4.40. The zero-order valence-electron chi connectivity index (χ0n) is 13.7. The normalized spacial score (nSPS) is 10.3. The second kappa shape index (κ2) is 7.75. The lowest BCUT2D eigenvalue weighted by Gasteiger charge is -2.10. The molecule has 3 rings (SSSR count). The van der Waals surface area contributed by atoms with Crippen molar-refractivity contribution in [2.45, 2.75) is 17.0 Å². The number of nitro groups is 1. The van der Waals surface area contributed by atoms with Crippen LogP contribution >= 0.6 is 11.8 Å². The Morgan fingerprint density at radius 3 is 2.58 bits per heavy atom. The van der Waals surface area contributed by atoms with Crippen LogP contribution in [0.5, 0.6) is 0 Å². The fourth-order valence-corrected chi connectivity index (χ4v) is 3.05. The second-order valence-electron chi connectivity index (χ2n) is 5.37. The molecule has 2 aromatic carbocycles. The minimum absolute atomic E-state index is 0.121. The summed E-state index contributed by atoms with van der Waals surface area (Å²) in [6.45, 7) is 1.87. The second-order valence-corrected chi connectivity index (χ2v) is 6.41. The van der Waals surface area contributed by atoms with E-state index in [2.05, 4.69) is 15.3 Å². The van der Waals surface area contributed by atoms with Gasteiger partial charge in [-0.25, -0.2) is 9.97 Å². The molecular formula is C18H14N4O3S. The number of anilines is 1. The zero-order chi connectivity index (χ0) is 18.5. The lowest BCUT2D eigenvalue weighted by Crippen LogP contribution is -2.13. The van der Waals surface area contributed by atoms with Crippen LogP contribution in [0.1, 0.15) is 15.9 Å². The number of hydrogen-bond donors (Lipinski definition) is 1. The van der Waals surface area contributed by atoms with Gasteiger partial charge in [-0.2, -0.15) is 0 Å². The Labute approximate surface area is 153 Å². The van der Waals surface area contributed by atoms with Gasteiger partial charge in [0.25, 0.3) is 11.6 Å². The molecule has 0 radical (unpaired) electrons. The lowest BCUT2D eigenvalue weighted by molar-refractivity contribution is -0.384. The first-order valence-electron chi connectivity index (χ1n) is 7.64. The summed E-state index contributed by atoms with van der Waals surface area (Å²) in [5.74, 6) is -0.399. The summed E-state index contributed by atoms with van der Waals surface area (Å²) in [6, 6.07) is 12.9. The first-order chi connectivity index (χ1) is 12.5. The van der Waals surface area contributed by atoms with E-state index in [9.17, 15) is 14.9 Å². The van der Waals surface area contributed by atoms with Crippen molar-refractivity contribution in [3.8, 4) is 0 Å². The van der Waals surface area contributed by atoms with Crippen molar-refractivity contribution >= 4 is 29.0 Å². The quantitative estimate of drug-likeness (QED) is 0.415. The van der Waals surface area contributed by atoms with E-state index < -0.39 is 10.8 Å². The first kappa shape index (κ1) is 17.6. The molecule has 1 aromatic heterocycles. The Morgan fingerprint density at radius 1 is 1.12 bits per heavy atom. The number of amides is 1. The Balaban J connectivity index is 1.75. The molecule has 0 bridgehead atoms. The van der Waals surface area contributed by atoms with Crippen LogP contribution in [0.4, 0.5) is 11.4 Å². The standard InChI is InChI=1S/C18H14N4O3S/c1-12-10-15(26-18-19-8-3-9-20-18)6-7-16(12)21-17(23)13-4-2-5-14(11-13)22(24)25/h2-11H,1H3,(H,21,23). The molecule has 1 N–H and O–H groups in total. The maximum absolute atomic E-state index is 12.4. The van der Waals surface area contributed by atoms with E-state index >= 15 is 0 Å². The third-order valence-electron chi connectivity index (χ3n) is 3.52. The van der Waals surface area contributed by atoms with Gasteiger partial charge < -0.3 is 5.32 Å². The van der Waals surface area contributed by atoms with E-state index in [4.69, 9.17) is 0 Å². The number of carbonyl (C=O) groups excluding carboxylic acids is 1. The van der Waals surface area contributed by atoms with Gasteiger partial charge in [0.1, 0.15) is 0 Å². The molecule has 0 aliphatic carbocycles. The molecule has 0 aliphatic rings. The average molecular weight is 366 g/mol. The van der Waals surface area contributed by atoms with E-state index in [0.29, 0.717) is 10.8 Å². The van der Waals surface area contributed by atoms with Crippen LogP contribution in [0.3, 0.4) is 0 Å². The van der Waals surface area contributed by atoms with Crippen LogP contribution in [0.25, 0.3) is 0 Å². The molecule has 1 heterocycles. The summed E-state index contributed by atoms with van der Waals surface area (Å²) < 4.78 is 0. The molecule has 3 aromatic rings. The summed E-state index contributed by atoms with van der Waals surface area (Å²) in [7, 11) is 0. The fourth-order valence-electron chi connectivity index (χ4n) is 2.24. The van der Waals surface area contributed by atoms with Gasteiger partial charge in [0.2, 0.25) is 0 Å². The van der Waals surface area contributed by atoms with Gasteiger partial charge in [-0.1, -0.05) is 6.07 Å². The number of nitro benzene ring substituents is 1. The predicted octanol–water partition coefficient (Wildman–Crippen LogP) is 4.10. The predicted molar refractivity (Wildman–Crippen MR) is 98.4 cm³/mol. The number of aromatic nitrogens is 2. The Bertz CT molecular complexity index is 964. The number of aryl methyl sites for hydroxylation is 1. The summed E-state index contributed by atoms with van der Waals surface area (Å²) in [4.78, 5) is 31.9. The molecule has 0 atom stereocenters. The number of non-ortho nitro benzene ring substituents is 1. The van der Waals surface area contributed by atoms with E-state index in [0.717, 1.165) is 10.5 Å². The number of rotatable bonds is 5. The molecule has 26 heavy (non-hydrogen) atoms. The Hall–Kier alpha value is -3.26. The minimum atomic E-state index is -0.528. The summed E-state index contributed by atoms with van der Waals surface area (Å²) >= 11 is 1.42. The van der Waals surface area contributed by atoms with Crippen molar-refractivity contribution in [3.05, 3.63) is 82.2 Å². The summed E-state index contributed by atoms with van der Waals surface area (Å²) in [5.41, 5.74) is 1.61. The van der Waals surface area contributed by atoms with Gasteiger partial charge in [-0.05, 0) is 54.6 Å². The molecule has 7 nitrogen and oxygen atoms in total. The highest BCUT2D eigenvalue weighted by atomic mass is 32.2. The molecule has 0 aliphatic heterocycles. The average Bonchev–Trinajstić information content (AvgIpc) is 2.65. The number of nitrogens with one attached hydrogen (secondary N) is 1. The molecule has 0 saturated carbocycles. The number of hydrogen-bond acceptors (Lipinski definition) is 6.